The molecule has 2 amide bonds. The molecule has 1 spiro atoms. The molecule has 4 heterocycles. The van der Waals surface area contributed by atoms with Gasteiger partial charge in [-0.2, -0.15) is 0 Å². The Balaban J connectivity index is 1.40. The maximum absolute atomic E-state index is 13.3. The summed E-state index contributed by atoms with van der Waals surface area (Å²) in [5, 5.41) is 2.88. The number of furan rings is 1. The van der Waals surface area contributed by atoms with Gasteiger partial charge in [0.2, 0.25) is 11.8 Å². The van der Waals surface area contributed by atoms with E-state index in [2.05, 4.69) is 5.32 Å². The van der Waals surface area contributed by atoms with Gasteiger partial charge in [-0.1, -0.05) is 18.2 Å². The Labute approximate surface area is 161 Å². The molecule has 1 aromatic heterocycles. The van der Waals surface area contributed by atoms with Gasteiger partial charge in [0, 0.05) is 11.8 Å². The van der Waals surface area contributed by atoms with Crippen LogP contribution in [-0.2, 0) is 20.9 Å². The second-order valence-corrected chi connectivity index (χ2v) is 7.32. The number of carbonyl (C=O) groups excluding carboxylic acids is 2. The van der Waals surface area contributed by atoms with Gasteiger partial charge >= 0.3 is 0 Å². The van der Waals surface area contributed by atoms with Crippen molar-refractivity contribution >= 4 is 17.5 Å². The van der Waals surface area contributed by atoms with E-state index in [1.165, 1.54) is 0 Å². The van der Waals surface area contributed by atoms with Crippen molar-refractivity contribution in [3.05, 3.63) is 60.6 Å². The summed E-state index contributed by atoms with van der Waals surface area (Å²) in [4.78, 5) is 27.9. The van der Waals surface area contributed by atoms with E-state index in [0.29, 0.717) is 18.1 Å². The quantitative estimate of drug-likeness (QED) is 0.802. The molecule has 7 heteroatoms. The first-order chi connectivity index (χ1) is 13.6. The molecule has 2 aromatic rings. The second kappa shape index (κ2) is 6.24. The van der Waals surface area contributed by atoms with Gasteiger partial charge in [-0.25, -0.2) is 0 Å². The number of carbonyl (C=O) groups is 2. The maximum Gasteiger partial charge on any atom is 0.234 e. The molecule has 1 N–H and O–H groups in total. The molecule has 2 unspecified atom stereocenters. The number of rotatable bonds is 5. The molecular weight excluding hydrogens is 360 g/mol. The molecule has 5 rings (SSSR count). The van der Waals surface area contributed by atoms with Crippen LogP contribution in [0.4, 0.5) is 5.69 Å². The minimum absolute atomic E-state index is 0.0988. The SMILES string of the molecule is COc1cccc(N2C[C@]34C=C[C@@H](O3)C(C(=O)NCc3ccco3)C4C2=O)c1. The van der Waals surface area contributed by atoms with E-state index in [0.717, 1.165) is 5.69 Å². The fraction of sp³-hybridized carbons (Fsp3) is 0.333. The van der Waals surface area contributed by atoms with Crippen molar-refractivity contribution in [1.29, 1.82) is 0 Å². The van der Waals surface area contributed by atoms with Gasteiger partial charge in [-0.15, -0.1) is 0 Å². The van der Waals surface area contributed by atoms with Crippen LogP contribution in [0.2, 0.25) is 0 Å². The molecule has 28 heavy (non-hydrogen) atoms. The van der Waals surface area contributed by atoms with Gasteiger partial charge in [0.15, 0.2) is 0 Å². The molecule has 7 nitrogen and oxygen atoms in total. The molecule has 144 valence electrons. The molecule has 2 fully saturated rings. The lowest BCUT2D eigenvalue weighted by atomic mass is 9.77. The predicted molar refractivity (Wildman–Crippen MR) is 99.6 cm³/mol. The van der Waals surface area contributed by atoms with Crippen molar-refractivity contribution in [2.75, 3.05) is 18.6 Å². The number of hydrogen-bond acceptors (Lipinski definition) is 5. The molecular formula is C21H20N2O5. The highest BCUT2D eigenvalue weighted by atomic mass is 16.5. The van der Waals surface area contributed by atoms with Crippen molar-refractivity contribution in [2.45, 2.75) is 18.2 Å². The molecule has 4 atom stereocenters. The van der Waals surface area contributed by atoms with Crippen molar-refractivity contribution < 1.29 is 23.5 Å². The number of anilines is 1. The summed E-state index contributed by atoms with van der Waals surface area (Å²) in [5.41, 5.74) is -0.0133. The Bertz CT molecular complexity index is 953. The van der Waals surface area contributed by atoms with Gasteiger partial charge in [0.1, 0.15) is 17.1 Å². The molecule has 0 aliphatic carbocycles. The van der Waals surface area contributed by atoms with Crippen LogP contribution in [0.15, 0.2) is 59.2 Å². The zero-order chi connectivity index (χ0) is 19.3. The number of amides is 2. The summed E-state index contributed by atoms with van der Waals surface area (Å²) in [7, 11) is 1.59. The predicted octanol–water partition coefficient (Wildman–Crippen LogP) is 1.89. The third-order valence-electron chi connectivity index (χ3n) is 5.79. The second-order valence-electron chi connectivity index (χ2n) is 7.32. The van der Waals surface area contributed by atoms with Crippen LogP contribution in [0, 0.1) is 11.8 Å². The van der Waals surface area contributed by atoms with E-state index in [4.69, 9.17) is 13.9 Å². The van der Waals surface area contributed by atoms with Gasteiger partial charge in [-0.05, 0) is 24.3 Å². The molecule has 2 bridgehead atoms. The summed E-state index contributed by atoms with van der Waals surface area (Å²) in [6, 6.07) is 10.9. The van der Waals surface area contributed by atoms with Crippen LogP contribution in [0.1, 0.15) is 5.76 Å². The fourth-order valence-electron chi connectivity index (χ4n) is 4.50. The van der Waals surface area contributed by atoms with E-state index in [1.54, 1.807) is 30.4 Å². The first-order valence-corrected chi connectivity index (χ1v) is 9.24. The largest absolute Gasteiger partial charge is 0.497 e. The molecule has 1 aromatic carbocycles. The van der Waals surface area contributed by atoms with Gasteiger partial charge in [-0.3, -0.25) is 9.59 Å². The average Bonchev–Trinajstić information content (AvgIpc) is 3.48. The fourth-order valence-corrected chi connectivity index (χ4v) is 4.50. The van der Waals surface area contributed by atoms with E-state index in [-0.39, 0.29) is 24.5 Å². The topological polar surface area (TPSA) is 81.0 Å². The number of nitrogens with one attached hydrogen (secondary N) is 1. The summed E-state index contributed by atoms with van der Waals surface area (Å²) in [6.45, 7) is 0.672. The molecule has 0 saturated carbocycles. The summed E-state index contributed by atoms with van der Waals surface area (Å²) < 4.78 is 16.7. The van der Waals surface area contributed by atoms with Crippen molar-refractivity contribution in [1.82, 2.24) is 5.32 Å². The third kappa shape index (κ3) is 2.46. The van der Waals surface area contributed by atoms with Gasteiger partial charge in [0.25, 0.3) is 0 Å². The number of ether oxygens (including phenoxy) is 2. The third-order valence-corrected chi connectivity index (χ3v) is 5.79. The Morgan fingerprint density at radius 2 is 2.25 bits per heavy atom. The zero-order valence-corrected chi connectivity index (χ0v) is 15.3. The Hall–Kier alpha value is -3.06. The molecule has 3 aliphatic heterocycles. The number of hydrogen-bond donors (Lipinski definition) is 1. The molecule has 2 saturated heterocycles. The van der Waals surface area contributed by atoms with Crippen LogP contribution >= 0.6 is 0 Å². The van der Waals surface area contributed by atoms with Crippen molar-refractivity contribution in [2.24, 2.45) is 11.8 Å². The van der Waals surface area contributed by atoms with E-state index in [9.17, 15) is 9.59 Å². The lowest BCUT2D eigenvalue weighted by Gasteiger charge is -2.23. The molecule has 0 radical (unpaired) electrons. The summed E-state index contributed by atoms with van der Waals surface area (Å²) in [5.74, 6) is -0.0446. The van der Waals surface area contributed by atoms with Crippen molar-refractivity contribution in [3.63, 3.8) is 0 Å². The van der Waals surface area contributed by atoms with Gasteiger partial charge < -0.3 is 24.1 Å². The maximum atomic E-state index is 13.3. The van der Waals surface area contributed by atoms with Crippen LogP contribution in [0.3, 0.4) is 0 Å². The van der Waals surface area contributed by atoms with E-state index >= 15 is 0 Å². The smallest absolute Gasteiger partial charge is 0.234 e. The van der Waals surface area contributed by atoms with Crippen LogP contribution in [-0.4, -0.2) is 37.2 Å². The highest BCUT2D eigenvalue weighted by Gasteiger charge is 2.67. The summed E-state index contributed by atoms with van der Waals surface area (Å²) in [6.07, 6.45) is 5.03. The molecule has 3 aliphatic rings. The average molecular weight is 380 g/mol. The lowest BCUT2D eigenvalue weighted by Crippen LogP contribution is -2.43. The lowest BCUT2D eigenvalue weighted by molar-refractivity contribution is -0.132. The number of nitrogens with zero attached hydrogens (tertiary/aromatic N) is 1. The normalized spacial score (nSPS) is 30.0. The Kier molecular flexibility index (Phi) is 3.80. The van der Waals surface area contributed by atoms with E-state index in [1.807, 2.05) is 36.4 Å². The number of methoxy groups -OCH3 is 1. The van der Waals surface area contributed by atoms with Gasteiger partial charge in [0.05, 0.1) is 44.4 Å². The Morgan fingerprint density at radius 1 is 1.36 bits per heavy atom. The zero-order valence-electron chi connectivity index (χ0n) is 15.3. The number of fused-ring (bicyclic) bond motifs is 1. The van der Waals surface area contributed by atoms with Crippen LogP contribution in [0.25, 0.3) is 0 Å². The first-order valence-electron chi connectivity index (χ1n) is 9.24. The highest BCUT2D eigenvalue weighted by Crippen LogP contribution is 2.52. The van der Waals surface area contributed by atoms with Crippen molar-refractivity contribution in [3.8, 4) is 5.75 Å². The summed E-state index contributed by atoms with van der Waals surface area (Å²) >= 11 is 0. The number of benzene rings is 1. The first kappa shape index (κ1) is 17.1. The minimum Gasteiger partial charge on any atom is -0.497 e. The standard InChI is InChI=1S/C21H20N2O5/c1-26-14-5-2-4-13(10-14)23-12-21-8-7-16(28-21)17(18(21)20(23)25)19(24)22-11-15-6-3-9-27-15/h2-10,16-18H,11-12H2,1H3,(H,22,24)/t16-,17?,18?,21+/m1/s1. The highest BCUT2D eigenvalue weighted by molar-refractivity contribution is 6.03. The van der Waals surface area contributed by atoms with Crippen LogP contribution < -0.4 is 15.0 Å². The monoisotopic (exact) mass is 380 g/mol. The van der Waals surface area contributed by atoms with Crippen LogP contribution in [0.5, 0.6) is 5.75 Å². The van der Waals surface area contributed by atoms with E-state index < -0.39 is 17.4 Å². The minimum atomic E-state index is -0.752. The Morgan fingerprint density at radius 3 is 3.04 bits per heavy atom.